The van der Waals surface area contributed by atoms with E-state index >= 15 is 0 Å². The van der Waals surface area contributed by atoms with Crippen LogP contribution in [0.2, 0.25) is 0 Å². The zero-order valence-corrected chi connectivity index (χ0v) is 12.6. The Morgan fingerprint density at radius 1 is 1.29 bits per heavy atom. The van der Waals surface area contributed by atoms with Crippen LogP contribution in [0.15, 0.2) is 36.7 Å². The number of anilines is 1. The molecule has 110 valence electrons. The molecule has 2 aromatic heterocycles. The van der Waals surface area contributed by atoms with Crippen molar-refractivity contribution >= 4 is 11.7 Å². The molecule has 0 aliphatic rings. The van der Waals surface area contributed by atoms with Crippen LogP contribution in [0.4, 0.5) is 5.82 Å². The summed E-state index contributed by atoms with van der Waals surface area (Å²) in [6.07, 6.45) is 4.26. The van der Waals surface area contributed by atoms with Crippen molar-refractivity contribution in [1.29, 1.82) is 0 Å². The zero-order valence-electron chi connectivity index (χ0n) is 12.6. The number of carbonyl (C=O) groups is 1. The van der Waals surface area contributed by atoms with E-state index in [0.29, 0.717) is 12.1 Å². The highest BCUT2D eigenvalue weighted by atomic mass is 16.2. The summed E-state index contributed by atoms with van der Waals surface area (Å²) >= 11 is 0. The quantitative estimate of drug-likeness (QED) is 0.915. The first-order valence-corrected chi connectivity index (χ1v) is 6.97. The molecular formula is C16H20N4O. The Hall–Kier alpha value is -2.43. The first kappa shape index (κ1) is 15.0. The van der Waals surface area contributed by atoms with Gasteiger partial charge >= 0.3 is 0 Å². The van der Waals surface area contributed by atoms with Crippen molar-refractivity contribution in [2.24, 2.45) is 0 Å². The Bertz CT molecular complexity index is 591. The number of hydrogen-bond acceptors (Lipinski definition) is 4. The van der Waals surface area contributed by atoms with Crippen molar-refractivity contribution in [3.63, 3.8) is 0 Å². The predicted octanol–water partition coefficient (Wildman–Crippen LogP) is 2.35. The van der Waals surface area contributed by atoms with Gasteiger partial charge in [-0.2, -0.15) is 0 Å². The topological polar surface area (TPSA) is 58.1 Å². The smallest absolute Gasteiger partial charge is 0.254 e. The molecule has 0 aliphatic carbocycles. The van der Waals surface area contributed by atoms with Gasteiger partial charge in [-0.1, -0.05) is 6.92 Å². The van der Waals surface area contributed by atoms with Crippen LogP contribution >= 0.6 is 0 Å². The minimum absolute atomic E-state index is 0.0135. The van der Waals surface area contributed by atoms with Crippen LogP contribution in [0, 0.1) is 0 Å². The third-order valence-electron chi connectivity index (χ3n) is 3.26. The molecule has 0 unspecified atom stereocenters. The van der Waals surface area contributed by atoms with E-state index < -0.39 is 0 Å². The van der Waals surface area contributed by atoms with Gasteiger partial charge in [0.05, 0.1) is 0 Å². The average molecular weight is 284 g/mol. The molecule has 2 rings (SSSR count). The van der Waals surface area contributed by atoms with E-state index in [1.165, 1.54) is 0 Å². The fourth-order valence-corrected chi connectivity index (χ4v) is 2.07. The molecule has 0 spiro atoms. The number of nitrogens with zero attached hydrogens (tertiary/aromatic N) is 3. The largest absolute Gasteiger partial charge is 0.373 e. The van der Waals surface area contributed by atoms with Crippen LogP contribution in [-0.2, 0) is 13.0 Å². The minimum atomic E-state index is -0.0135. The van der Waals surface area contributed by atoms with Gasteiger partial charge in [-0.3, -0.25) is 9.78 Å². The second-order valence-electron chi connectivity index (χ2n) is 4.85. The van der Waals surface area contributed by atoms with Crippen molar-refractivity contribution in [2.75, 3.05) is 19.4 Å². The van der Waals surface area contributed by atoms with Crippen LogP contribution in [0.5, 0.6) is 0 Å². The van der Waals surface area contributed by atoms with Gasteiger partial charge in [0.15, 0.2) is 0 Å². The zero-order chi connectivity index (χ0) is 15.2. The van der Waals surface area contributed by atoms with Crippen molar-refractivity contribution in [3.05, 3.63) is 53.5 Å². The molecule has 5 heteroatoms. The normalized spacial score (nSPS) is 10.2. The number of rotatable bonds is 5. The number of aromatic nitrogens is 2. The van der Waals surface area contributed by atoms with Gasteiger partial charge < -0.3 is 10.2 Å². The SMILES string of the molecule is CCc1cc(C(=O)N(C)Cc2ccncc2)cc(NC)n1. The average Bonchev–Trinajstić information content (AvgIpc) is 2.54. The summed E-state index contributed by atoms with van der Waals surface area (Å²) in [5, 5.41) is 3.00. The lowest BCUT2D eigenvalue weighted by Gasteiger charge is -2.18. The second kappa shape index (κ2) is 6.83. The molecule has 21 heavy (non-hydrogen) atoms. The minimum Gasteiger partial charge on any atom is -0.373 e. The first-order valence-electron chi connectivity index (χ1n) is 6.97. The van der Waals surface area contributed by atoms with E-state index in [1.54, 1.807) is 37.5 Å². The Balaban J connectivity index is 2.19. The van der Waals surface area contributed by atoms with E-state index in [-0.39, 0.29) is 5.91 Å². The molecule has 0 aliphatic heterocycles. The summed E-state index contributed by atoms with van der Waals surface area (Å²) in [4.78, 5) is 22.6. The summed E-state index contributed by atoms with van der Waals surface area (Å²) in [7, 11) is 3.60. The molecule has 2 heterocycles. The van der Waals surface area contributed by atoms with Crippen molar-refractivity contribution in [3.8, 4) is 0 Å². The Morgan fingerprint density at radius 3 is 2.62 bits per heavy atom. The number of nitrogens with one attached hydrogen (secondary N) is 1. The van der Waals surface area contributed by atoms with Crippen LogP contribution in [-0.4, -0.2) is 34.9 Å². The second-order valence-corrected chi connectivity index (χ2v) is 4.85. The lowest BCUT2D eigenvalue weighted by Crippen LogP contribution is -2.26. The highest BCUT2D eigenvalue weighted by Crippen LogP contribution is 2.14. The number of hydrogen-bond donors (Lipinski definition) is 1. The van der Waals surface area contributed by atoms with Gasteiger partial charge in [-0.05, 0) is 36.2 Å². The fraction of sp³-hybridized carbons (Fsp3) is 0.312. The first-order chi connectivity index (χ1) is 10.1. The summed E-state index contributed by atoms with van der Waals surface area (Å²) in [5.41, 5.74) is 2.62. The van der Waals surface area contributed by atoms with E-state index in [2.05, 4.69) is 15.3 Å². The molecule has 1 N–H and O–H groups in total. The predicted molar refractivity (Wildman–Crippen MR) is 83.2 cm³/mol. The van der Waals surface area contributed by atoms with Gasteiger partial charge in [0.25, 0.3) is 5.91 Å². The maximum absolute atomic E-state index is 12.5. The van der Waals surface area contributed by atoms with Crippen molar-refractivity contribution < 1.29 is 4.79 Å². The molecule has 0 atom stereocenters. The molecule has 0 fully saturated rings. The molecule has 0 saturated heterocycles. The van der Waals surface area contributed by atoms with Crippen LogP contribution in [0.25, 0.3) is 0 Å². The summed E-state index contributed by atoms with van der Waals surface area (Å²) in [6, 6.07) is 7.45. The molecule has 0 bridgehead atoms. The molecule has 2 aromatic rings. The molecule has 0 saturated carbocycles. The summed E-state index contributed by atoms with van der Waals surface area (Å²) in [5.74, 6) is 0.704. The van der Waals surface area contributed by atoms with Crippen LogP contribution in [0.1, 0.15) is 28.5 Å². The lowest BCUT2D eigenvalue weighted by atomic mass is 10.1. The highest BCUT2D eigenvalue weighted by molar-refractivity contribution is 5.94. The van der Waals surface area contributed by atoms with Crippen molar-refractivity contribution in [2.45, 2.75) is 19.9 Å². The maximum atomic E-state index is 12.5. The number of amides is 1. The maximum Gasteiger partial charge on any atom is 0.254 e. The van der Waals surface area contributed by atoms with Gasteiger partial charge in [0.1, 0.15) is 5.82 Å². The standard InChI is InChI=1S/C16H20N4O/c1-4-14-9-13(10-15(17-2)19-14)16(21)20(3)11-12-5-7-18-8-6-12/h5-10H,4,11H2,1-3H3,(H,17,19). The summed E-state index contributed by atoms with van der Waals surface area (Å²) in [6.45, 7) is 2.58. The Labute approximate surface area is 125 Å². The Morgan fingerprint density at radius 2 is 2.00 bits per heavy atom. The molecule has 1 amide bonds. The number of carbonyl (C=O) groups excluding carboxylic acids is 1. The van der Waals surface area contributed by atoms with E-state index in [0.717, 1.165) is 23.5 Å². The Kier molecular flexibility index (Phi) is 4.87. The van der Waals surface area contributed by atoms with Gasteiger partial charge in [0.2, 0.25) is 0 Å². The number of aryl methyl sites for hydroxylation is 1. The van der Waals surface area contributed by atoms with E-state index in [9.17, 15) is 4.79 Å². The van der Waals surface area contributed by atoms with E-state index in [4.69, 9.17) is 0 Å². The van der Waals surface area contributed by atoms with Crippen LogP contribution < -0.4 is 5.32 Å². The monoisotopic (exact) mass is 284 g/mol. The third-order valence-corrected chi connectivity index (χ3v) is 3.26. The van der Waals surface area contributed by atoms with Gasteiger partial charge in [-0.15, -0.1) is 0 Å². The van der Waals surface area contributed by atoms with Crippen molar-refractivity contribution in [1.82, 2.24) is 14.9 Å². The molecular weight excluding hydrogens is 264 g/mol. The molecule has 5 nitrogen and oxygen atoms in total. The fourth-order valence-electron chi connectivity index (χ4n) is 2.07. The van der Waals surface area contributed by atoms with E-state index in [1.807, 2.05) is 25.1 Å². The van der Waals surface area contributed by atoms with Crippen LogP contribution in [0.3, 0.4) is 0 Å². The molecule has 0 aromatic carbocycles. The molecule has 0 radical (unpaired) electrons. The van der Waals surface area contributed by atoms with Gasteiger partial charge in [-0.25, -0.2) is 4.98 Å². The third kappa shape index (κ3) is 3.78. The highest BCUT2D eigenvalue weighted by Gasteiger charge is 2.14. The van der Waals surface area contributed by atoms with Gasteiger partial charge in [0, 0.05) is 44.3 Å². The summed E-state index contributed by atoms with van der Waals surface area (Å²) < 4.78 is 0. The lowest BCUT2D eigenvalue weighted by molar-refractivity contribution is 0.0785. The number of pyridine rings is 2.